The van der Waals surface area contributed by atoms with Crippen LogP contribution in [-0.2, 0) is 11.2 Å². The standard InChI is InChI=1S/C23H25N5O3/c1-17-18(16-28(26-17)20-9-3-2-4-10-20)7-6-12-24-22(29)25-19-8-5-11-21(15-19)27-13-14-31-23(27)30/h2-5,8-11,15-16H,6-7,12-14H2,1H3,(H2,24,25,29). The van der Waals surface area contributed by atoms with Crippen LogP contribution in [-0.4, -0.2) is 41.6 Å². The minimum atomic E-state index is -0.368. The van der Waals surface area contributed by atoms with Crippen molar-refractivity contribution in [2.75, 3.05) is 29.9 Å². The highest BCUT2D eigenvalue weighted by atomic mass is 16.6. The molecule has 0 spiro atoms. The van der Waals surface area contributed by atoms with E-state index >= 15 is 0 Å². The molecule has 3 aromatic rings. The van der Waals surface area contributed by atoms with Crippen molar-refractivity contribution in [2.24, 2.45) is 0 Å². The highest BCUT2D eigenvalue weighted by Gasteiger charge is 2.23. The Morgan fingerprint density at radius 1 is 1.13 bits per heavy atom. The van der Waals surface area contributed by atoms with Gasteiger partial charge in [-0.15, -0.1) is 0 Å². The smallest absolute Gasteiger partial charge is 0.414 e. The molecule has 1 aromatic heterocycles. The molecule has 4 rings (SSSR count). The Bertz CT molecular complexity index is 1060. The molecule has 8 heteroatoms. The number of hydrogen-bond acceptors (Lipinski definition) is 4. The van der Waals surface area contributed by atoms with E-state index < -0.39 is 0 Å². The molecule has 2 aromatic carbocycles. The molecule has 31 heavy (non-hydrogen) atoms. The van der Waals surface area contributed by atoms with Crippen molar-refractivity contribution in [3.63, 3.8) is 0 Å². The largest absolute Gasteiger partial charge is 0.447 e. The molecule has 0 aliphatic carbocycles. The van der Waals surface area contributed by atoms with Crippen LogP contribution in [0.1, 0.15) is 17.7 Å². The Morgan fingerprint density at radius 2 is 1.94 bits per heavy atom. The molecule has 8 nitrogen and oxygen atoms in total. The third-order valence-corrected chi connectivity index (χ3v) is 5.11. The number of urea groups is 1. The van der Waals surface area contributed by atoms with Gasteiger partial charge in [-0.3, -0.25) is 4.90 Å². The monoisotopic (exact) mass is 419 g/mol. The highest BCUT2D eigenvalue weighted by Crippen LogP contribution is 2.22. The maximum absolute atomic E-state index is 12.2. The zero-order valence-electron chi connectivity index (χ0n) is 17.4. The van der Waals surface area contributed by atoms with Crippen molar-refractivity contribution >= 4 is 23.5 Å². The van der Waals surface area contributed by atoms with E-state index in [2.05, 4.69) is 15.7 Å². The number of ether oxygens (including phenoxy) is 1. The maximum Gasteiger partial charge on any atom is 0.414 e. The van der Waals surface area contributed by atoms with E-state index in [0.29, 0.717) is 31.1 Å². The summed E-state index contributed by atoms with van der Waals surface area (Å²) in [6.07, 6.45) is 3.30. The van der Waals surface area contributed by atoms with Gasteiger partial charge in [0, 0.05) is 24.1 Å². The van der Waals surface area contributed by atoms with Gasteiger partial charge in [-0.05, 0) is 55.7 Å². The van der Waals surface area contributed by atoms with Crippen molar-refractivity contribution in [3.8, 4) is 5.69 Å². The summed E-state index contributed by atoms with van der Waals surface area (Å²) in [5.74, 6) is 0. The van der Waals surface area contributed by atoms with Gasteiger partial charge in [-0.2, -0.15) is 5.10 Å². The van der Waals surface area contributed by atoms with Crippen LogP contribution >= 0.6 is 0 Å². The fraction of sp³-hybridized carbons (Fsp3) is 0.261. The van der Waals surface area contributed by atoms with Crippen LogP contribution in [0, 0.1) is 6.92 Å². The van der Waals surface area contributed by atoms with E-state index in [1.807, 2.05) is 54.2 Å². The van der Waals surface area contributed by atoms with Gasteiger partial charge in [-0.1, -0.05) is 24.3 Å². The van der Waals surface area contributed by atoms with Crippen molar-refractivity contribution < 1.29 is 14.3 Å². The van der Waals surface area contributed by atoms with Crippen LogP contribution in [0.2, 0.25) is 0 Å². The average molecular weight is 419 g/mol. The molecule has 3 amide bonds. The van der Waals surface area contributed by atoms with Gasteiger partial charge >= 0.3 is 12.1 Å². The fourth-order valence-electron chi connectivity index (χ4n) is 3.49. The molecule has 0 saturated carbocycles. The molecule has 0 atom stereocenters. The molecule has 160 valence electrons. The molecule has 0 radical (unpaired) electrons. The van der Waals surface area contributed by atoms with E-state index in [1.54, 1.807) is 23.1 Å². The second-order valence-corrected chi connectivity index (χ2v) is 7.32. The Balaban J connectivity index is 1.25. The highest BCUT2D eigenvalue weighted by molar-refractivity contribution is 5.93. The zero-order chi connectivity index (χ0) is 21.6. The van der Waals surface area contributed by atoms with Gasteiger partial charge in [0.05, 0.1) is 17.9 Å². The number of rotatable bonds is 7. The molecular weight excluding hydrogens is 394 g/mol. The normalized spacial score (nSPS) is 13.2. The lowest BCUT2D eigenvalue weighted by atomic mass is 10.1. The summed E-state index contributed by atoms with van der Waals surface area (Å²) in [5, 5.41) is 10.3. The van der Waals surface area contributed by atoms with E-state index in [9.17, 15) is 9.59 Å². The molecule has 0 unspecified atom stereocenters. The molecule has 1 fully saturated rings. The number of anilines is 2. The number of nitrogens with zero attached hydrogens (tertiary/aromatic N) is 3. The van der Waals surface area contributed by atoms with Gasteiger partial charge in [-0.25, -0.2) is 14.3 Å². The van der Waals surface area contributed by atoms with Crippen LogP contribution in [0.3, 0.4) is 0 Å². The number of carbonyl (C=O) groups is 2. The SMILES string of the molecule is Cc1nn(-c2ccccc2)cc1CCCNC(=O)Nc1cccc(N2CCOC2=O)c1. The minimum absolute atomic E-state index is 0.280. The summed E-state index contributed by atoms with van der Waals surface area (Å²) in [7, 11) is 0. The number of aromatic nitrogens is 2. The molecule has 2 heterocycles. The van der Waals surface area contributed by atoms with Crippen molar-refractivity contribution in [1.29, 1.82) is 0 Å². The number of benzene rings is 2. The Labute approximate surface area is 180 Å². The first kappa shape index (κ1) is 20.5. The first-order valence-electron chi connectivity index (χ1n) is 10.3. The van der Waals surface area contributed by atoms with Crippen molar-refractivity contribution in [2.45, 2.75) is 19.8 Å². The summed E-state index contributed by atoms with van der Waals surface area (Å²) >= 11 is 0. The van der Waals surface area contributed by atoms with Gasteiger partial charge < -0.3 is 15.4 Å². The van der Waals surface area contributed by atoms with Crippen LogP contribution < -0.4 is 15.5 Å². The Hall–Kier alpha value is -3.81. The number of carbonyl (C=O) groups excluding carboxylic acids is 2. The van der Waals surface area contributed by atoms with E-state index in [0.717, 1.165) is 29.8 Å². The predicted molar refractivity (Wildman–Crippen MR) is 119 cm³/mol. The van der Waals surface area contributed by atoms with Crippen LogP contribution in [0.15, 0.2) is 60.8 Å². The van der Waals surface area contributed by atoms with E-state index in [1.165, 1.54) is 0 Å². The summed E-state index contributed by atoms with van der Waals surface area (Å²) < 4.78 is 6.84. The summed E-state index contributed by atoms with van der Waals surface area (Å²) in [5.41, 5.74) is 4.50. The topological polar surface area (TPSA) is 88.5 Å². The minimum Gasteiger partial charge on any atom is -0.447 e. The third-order valence-electron chi connectivity index (χ3n) is 5.11. The Kier molecular flexibility index (Phi) is 6.16. The molecular formula is C23H25N5O3. The number of amides is 3. The van der Waals surface area contributed by atoms with Crippen molar-refractivity contribution in [1.82, 2.24) is 15.1 Å². The summed E-state index contributed by atoms with van der Waals surface area (Å²) in [6, 6.07) is 16.9. The van der Waals surface area contributed by atoms with Gasteiger partial charge in [0.15, 0.2) is 0 Å². The first-order valence-corrected chi connectivity index (χ1v) is 10.3. The fourth-order valence-corrected chi connectivity index (χ4v) is 3.49. The Morgan fingerprint density at radius 3 is 2.71 bits per heavy atom. The molecule has 2 N–H and O–H groups in total. The van der Waals surface area contributed by atoms with Gasteiger partial charge in [0.1, 0.15) is 6.61 Å². The second kappa shape index (κ2) is 9.34. The predicted octanol–water partition coefficient (Wildman–Crippen LogP) is 3.89. The number of hydrogen-bond donors (Lipinski definition) is 2. The molecule has 1 aliphatic heterocycles. The number of nitrogens with one attached hydrogen (secondary N) is 2. The average Bonchev–Trinajstić information content (AvgIpc) is 3.37. The lowest BCUT2D eigenvalue weighted by Crippen LogP contribution is -2.30. The summed E-state index contributed by atoms with van der Waals surface area (Å²) in [6.45, 7) is 3.42. The summed E-state index contributed by atoms with van der Waals surface area (Å²) in [4.78, 5) is 25.5. The molecule has 1 saturated heterocycles. The lowest BCUT2D eigenvalue weighted by Gasteiger charge is -2.14. The zero-order valence-corrected chi connectivity index (χ0v) is 17.4. The molecule has 1 aliphatic rings. The quantitative estimate of drug-likeness (QED) is 0.569. The van der Waals surface area contributed by atoms with Crippen LogP contribution in [0.4, 0.5) is 21.0 Å². The number of cyclic esters (lactones) is 1. The van der Waals surface area contributed by atoms with Gasteiger partial charge in [0.2, 0.25) is 0 Å². The molecule has 0 bridgehead atoms. The second-order valence-electron chi connectivity index (χ2n) is 7.32. The van der Waals surface area contributed by atoms with Gasteiger partial charge in [0.25, 0.3) is 0 Å². The van der Waals surface area contributed by atoms with Crippen molar-refractivity contribution in [3.05, 3.63) is 72.1 Å². The maximum atomic E-state index is 12.2. The first-order chi connectivity index (χ1) is 15.1. The van der Waals surface area contributed by atoms with E-state index in [-0.39, 0.29) is 12.1 Å². The third kappa shape index (κ3) is 5.03. The van der Waals surface area contributed by atoms with E-state index in [4.69, 9.17) is 4.74 Å². The van der Waals surface area contributed by atoms with Crippen LogP contribution in [0.25, 0.3) is 5.69 Å². The number of aryl methyl sites for hydroxylation is 2. The lowest BCUT2D eigenvalue weighted by molar-refractivity contribution is 0.181. The van der Waals surface area contributed by atoms with Crippen LogP contribution in [0.5, 0.6) is 0 Å². The number of para-hydroxylation sites is 1.